The number of benzene rings is 2. The van der Waals surface area contributed by atoms with Crippen LogP contribution in [0, 0.1) is 20.8 Å². The van der Waals surface area contributed by atoms with E-state index in [-0.39, 0.29) is 20.7 Å². The fourth-order valence-corrected chi connectivity index (χ4v) is 4.50. The van der Waals surface area contributed by atoms with Gasteiger partial charge >= 0.3 is 0 Å². The molecule has 156 valence electrons. The molecule has 3 rings (SSSR count). The van der Waals surface area contributed by atoms with Gasteiger partial charge in [0.25, 0.3) is 11.1 Å². The van der Waals surface area contributed by atoms with E-state index in [2.05, 4.69) is 5.32 Å². The first-order chi connectivity index (χ1) is 14.1. The van der Waals surface area contributed by atoms with E-state index in [1.54, 1.807) is 0 Å². The molecule has 0 aromatic heterocycles. The molecule has 0 unspecified atom stereocenters. The van der Waals surface area contributed by atoms with Crippen molar-refractivity contribution in [2.75, 3.05) is 11.9 Å². The number of carbonyl (C=O) groups is 3. The minimum Gasteiger partial charge on any atom is -0.505 e. The van der Waals surface area contributed by atoms with E-state index in [4.69, 9.17) is 23.2 Å². The summed E-state index contributed by atoms with van der Waals surface area (Å²) in [5.41, 5.74) is 3.99. The summed E-state index contributed by atoms with van der Waals surface area (Å²) in [6.07, 6.45) is 1.44. The molecule has 6 nitrogen and oxygen atoms in total. The Kier molecular flexibility index (Phi) is 6.45. The zero-order chi connectivity index (χ0) is 22.2. The lowest BCUT2D eigenvalue weighted by atomic mass is 10.1. The Bertz CT molecular complexity index is 1070. The number of thioether (sulfide) groups is 1. The van der Waals surface area contributed by atoms with Gasteiger partial charge in [-0.3, -0.25) is 19.3 Å². The zero-order valence-corrected chi connectivity index (χ0v) is 18.7. The van der Waals surface area contributed by atoms with Gasteiger partial charge in [0.15, 0.2) is 5.75 Å². The molecule has 0 aliphatic carbocycles. The second kappa shape index (κ2) is 8.71. The minimum absolute atomic E-state index is 0.0243. The molecule has 0 saturated carbocycles. The topological polar surface area (TPSA) is 86.7 Å². The SMILES string of the molecule is Cc1cc(C)c(NC(=O)CN2C(=O)S/C(=C\c3cc(Cl)c(O)c(Cl)c3)C2=O)c(C)c1. The van der Waals surface area contributed by atoms with E-state index in [0.717, 1.165) is 33.4 Å². The average molecular weight is 465 g/mol. The first kappa shape index (κ1) is 22.2. The van der Waals surface area contributed by atoms with Crippen molar-refractivity contribution in [3.8, 4) is 5.75 Å². The average Bonchev–Trinajstić information content (AvgIpc) is 2.90. The highest BCUT2D eigenvalue weighted by molar-refractivity contribution is 8.18. The summed E-state index contributed by atoms with van der Waals surface area (Å²) in [6, 6.07) is 6.73. The standard InChI is InChI=1S/C21H18Cl2N2O4S/c1-10-4-11(2)18(12(3)5-10)24-17(26)9-25-20(28)16(30-21(25)29)8-13-6-14(22)19(27)15(23)7-13/h4-8,27H,9H2,1-3H3,(H,24,26)/b16-8-. The first-order valence-corrected chi connectivity index (χ1v) is 10.4. The molecule has 1 fully saturated rings. The van der Waals surface area contributed by atoms with Crippen LogP contribution in [0.4, 0.5) is 10.5 Å². The lowest BCUT2D eigenvalue weighted by Crippen LogP contribution is -2.36. The van der Waals surface area contributed by atoms with Crippen LogP contribution in [-0.2, 0) is 9.59 Å². The molecule has 0 atom stereocenters. The Morgan fingerprint density at radius 3 is 2.23 bits per heavy atom. The summed E-state index contributed by atoms with van der Waals surface area (Å²) in [4.78, 5) is 38.4. The molecular formula is C21H18Cl2N2O4S. The molecule has 0 bridgehead atoms. The summed E-state index contributed by atoms with van der Waals surface area (Å²) in [6.45, 7) is 5.33. The Hall–Kier alpha value is -2.48. The molecule has 2 aromatic carbocycles. The van der Waals surface area contributed by atoms with Crippen molar-refractivity contribution < 1.29 is 19.5 Å². The first-order valence-electron chi connectivity index (χ1n) is 8.88. The maximum atomic E-state index is 12.6. The smallest absolute Gasteiger partial charge is 0.294 e. The predicted molar refractivity (Wildman–Crippen MR) is 120 cm³/mol. The Labute approximate surface area is 187 Å². The van der Waals surface area contributed by atoms with E-state index < -0.39 is 23.6 Å². The summed E-state index contributed by atoms with van der Waals surface area (Å²) in [5, 5.41) is 11.9. The highest BCUT2D eigenvalue weighted by atomic mass is 35.5. The second-order valence-corrected chi connectivity index (χ2v) is 8.73. The maximum absolute atomic E-state index is 12.6. The van der Waals surface area contributed by atoms with E-state index in [1.807, 2.05) is 32.9 Å². The number of amides is 3. The fraction of sp³-hybridized carbons (Fsp3) is 0.190. The molecule has 1 aliphatic heterocycles. The number of aryl methyl sites for hydroxylation is 3. The number of rotatable bonds is 4. The van der Waals surface area contributed by atoms with Gasteiger partial charge in [-0.2, -0.15) is 0 Å². The number of anilines is 1. The van der Waals surface area contributed by atoms with Crippen LogP contribution in [0.3, 0.4) is 0 Å². The number of phenolic OH excluding ortho intramolecular Hbond substituents is 1. The van der Waals surface area contributed by atoms with Crippen LogP contribution in [0.5, 0.6) is 5.75 Å². The molecule has 3 amide bonds. The molecule has 2 N–H and O–H groups in total. The van der Waals surface area contributed by atoms with E-state index in [1.165, 1.54) is 18.2 Å². The van der Waals surface area contributed by atoms with Crippen LogP contribution in [0.15, 0.2) is 29.2 Å². The van der Waals surface area contributed by atoms with Crippen molar-refractivity contribution >= 4 is 63.8 Å². The van der Waals surface area contributed by atoms with Gasteiger partial charge in [-0.15, -0.1) is 0 Å². The minimum atomic E-state index is -0.585. The maximum Gasteiger partial charge on any atom is 0.294 e. The molecule has 2 aromatic rings. The van der Waals surface area contributed by atoms with Crippen LogP contribution in [-0.4, -0.2) is 33.6 Å². The molecular weight excluding hydrogens is 447 g/mol. The van der Waals surface area contributed by atoms with Crippen molar-refractivity contribution in [1.82, 2.24) is 4.90 Å². The van der Waals surface area contributed by atoms with Crippen molar-refractivity contribution in [3.05, 3.63) is 61.5 Å². The highest BCUT2D eigenvalue weighted by Crippen LogP contribution is 2.36. The number of hydrogen-bond donors (Lipinski definition) is 2. The highest BCUT2D eigenvalue weighted by Gasteiger charge is 2.36. The number of imide groups is 1. The molecule has 9 heteroatoms. The summed E-state index contributed by atoms with van der Waals surface area (Å²) < 4.78 is 0. The van der Waals surface area contributed by atoms with Gasteiger partial charge in [0.2, 0.25) is 5.91 Å². The number of halogens is 2. The number of aromatic hydroxyl groups is 1. The van der Waals surface area contributed by atoms with E-state index in [0.29, 0.717) is 11.3 Å². The number of phenols is 1. The largest absolute Gasteiger partial charge is 0.505 e. The van der Waals surface area contributed by atoms with Crippen molar-refractivity contribution in [1.29, 1.82) is 0 Å². The van der Waals surface area contributed by atoms with Crippen LogP contribution >= 0.6 is 35.0 Å². The summed E-state index contributed by atoms with van der Waals surface area (Å²) >= 11 is 12.5. The number of nitrogens with zero attached hydrogens (tertiary/aromatic N) is 1. The van der Waals surface area contributed by atoms with Crippen LogP contribution in [0.25, 0.3) is 6.08 Å². The second-order valence-electron chi connectivity index (χ2n) is 6.92. The molecule has 1 aliphatic rings. The van der Waals surface area contributed by atoms with Crippen molar-refractivity contribution in [2.45, 2.75) is 20.8 Å². The Morgan fingerprint density at radius 2 is 1.67 bits per heavy atom. The number of carbonyl (C=O) groups excluding carboxylic acids is 3. The number of hydrogen-bond acceptors (Lipinski definition) is 5. The normalized spacial score (nSPS) is 15.2. The van der Waals surface area contributed by atoms with E-state index in [9.17, 15) is 19.5 Å². The van der Waals surface area contributed by atoms with Crippen molar-refractivity contribution in [2.24, 2.45) is 0 Å². The monoisotopic (exact) mass is 464 g/mol. The third kappa shape index (κ3) is 4.64. The molecule has 0 radical (unpaired) electrons. The van der Waals surface area contributed by atoms with Crippen LogP contribution < -0.4 is 5.32 Å². The molecule has 1 heterocycles. The van der Waals surface area contributed by atoms with Gasteiger partial charge in [0.1, 0.15) is 6.54 Å². The van der Waals surface area contributed by atoms with Crippen LogP contribution in [0.2, 0.25) is 10.0 Å². The lowest BCUT2D eigenvalue weighted by molar-refractivity contribution is -0.127. The molecule has 30 heavy (non-hydrogen) atoms. The van der Waals surface area contributed by atoms with Gasteiger partial charge in [-0.25, -0.2) is 0 Å². The van der Waals surface area contributed by atoms with Gasteiger partial charge in [-0.1, -0.05) is 40.9 Å². The third-order valence-electron chi connectivity index (χ3n) is 4.45. The lowest BCUT2D eigenvalue weighted by Gasteiger charge is -2.15. The Morgan fingerprint density at radius 1 is 1.10 bits per heavy atom. The summed E-state index contributed by atoms with van der Waals surface area (Å²) in [5.74, 6) is -1.32. The third-order valence-corrected chi connectivity index (χ3v) is 5.94. The van der Waals surface area contributed by atoms with Crippen molar-refractivity contribution in [3.63, 3.8) is 0 Å². The van der Waals surface area contributed by atoms with Gasteiger partial charge in [0.05, 0.1) is 15.0 Å². The predicted octanol–water partition coefficient (Wildman–Crippen LogP) is 5.30. The van der Waals surface area contributed by atoms with Crippen LogP contribution in [0.1, 0.15) is 22.3 Å². The van der Waals surface area contributed by atoms with E-state index >= 15 is 0 Å². The fourth-order valence-electron chi connectivity index (χ4n) is 3.16. The Balaban J connectivity index is 1.76. The number of nitrogens with one attached hydrogen (secondary N) is 1. The quantitative estimate of drug-likeness (QED) is 0.599. The molecule has 1 saturated heterocycles. The van der Waals surface area contributed by atoms with Gasteiger partial charge in [-0.05, 0) is 67.4 Å². The zero-order valence-electron chi connectivity index (χ0n) is 16.4. The molecule has 0 spiro atoms. The van der Waals surface area contributed by atoms with Gasteiger partial charge in [0, 0.05) is 5.69 Å². The summed E-state index contributed by atoms with van der Waals surface area (Å²) in [7, 11) is 0. The van der Waals surface area contributed by atoms with Gasteiger partial charge < -0.3 is 10.4 Å².